The third kappa shape index (κ3) is 3.51. The van der Waals surface area contributed by atoms with Crippen LogP contribution in [-0.2, 0) is 4.79 Å². The molecule has 0 aliphatic carbocycles. The van der Waals surface area contributed by atoms with Crippen LogP contribution < -0.4 is 5.32 Å². The van der Waals surface area contributed by atoms with Crippen molar-refractivity contribution in [2.75, 3.05) is 13.1 Å². The number of nitrogens with zero attached hydrogens (tertiary/aromatic N) is 3. The van der Waals surface area contributed by atoms with E-state index in [9.17, 15) is 0 Å². The lowest BCUT2D eigenvalue weighted by atomic mass is 10.1. The molecule has 3 rings (SSSR count). The summed E-state index contributed by atoms with van der Waals surface area (Å²) in [6, 6.07) is 8.67. The second-order valence-electron chi connectivity index (χ2n) is 4.52. The highest BCUT2D eigenvalue weighted by molar-refractivity contribution is 5.73. The molecular formula is C13H18N4O2. The van der Waals surface area contributed by atoms with Gasteiger partial charge in [-0.2, -0.15) is 0 Å². The fraction of sp³-hybridized carbons (Fsp3) is 0.462. The number of benzene rings is 1. The smallest absolute Gasteiger partial charge is 0.300 e. The Bertz CT molecular complexity index is 542. The van der Waals surface area contributed by atoms with Gasteiger partial charge >= 0.3 is 0 Å². The molecule has 1 aliphatic heterocycles. The minimum atomic E-state index is -0.833. The van der Waals surface area contributed by atoms with E-state index < -0.39 is 5.97 Å². The molecule has 1 fully saturated rings. The van der Waals surface area contributed by atoms with E-state index in [1.807, 2.05) is 18.2 Å². The zero-order valence-electron chi connectivity index (χ0n) is 10.9. The maximum Gasteiger partial charge on any atom is 0.300 e. The van der Waals surface area contributed by atoms with Gasteiger partial charge in [0.05, 0.1) is 11.6 Å². The van der Waals surface area contributed by atoms with Crippen LogP contribution in [0.2, 0.25) is 0 Å². The number of rotatable bonds is 1. The van der Waals surface area contributed by atoms with Crippen molar-refractivity contribution in [3.05, 3.63) is 24.3 Å². The molecule has 1 saturated heterocycles. The van der Waals surface area contributed by atoms with Crippen LogP contribution in [0.5, 0.6) is 0 Å². The highest BCUT2D eigenvalue weighted by Gasteiger charge is 2.17. The number of aromatic nitrogens is 3. The van der Waals surface area contributed by atoms with E-state index in [0.717, 1.165) is 43.9 Å². The molecule has 6 heteroatoms. The van der Waals surface area contributed by atoms with Crippen LogP contribution in [0.4, 0.5) is 0 Å². The van der Waals surface area contributed by atoms with Crippen molar-refractivity contribution >= 4 is 17.0 Å². The summed E-state index contributed by atoms with van der Waals surface area (Å²) in [5.41, 5.74) is 2.15. The van der Waals surface area contributed by atoms with Crippen LogP contribution in [-0.4, -0.2) is 39.2 Å². The summed E-state index contributed by atoms with van der Waals surface area (Å²) in [6.45, 7) is 3.25. The predicted molar refractivity (Wildman–Crippen MR) is 72.0 cm³/mol. The summed E-state index contributed by atoms with van der Waals surface area (Å²) >= 11 is 0. The minimum Gasteiger partial charge on any atom is -0.481 e. The Morgan fingerprint density at radius 3 is 2.68 bits per heavy atom. The second kappa shape index (κ2) is 6.29. The summed E-state index contributed by atoms with van der Waals surface area (Å²) in [7, 11) is 0. The quantitative estimate of drug-likeness (QED) is 0.813. The second-order valence-corrected chi connectivity index (χ2v) is 4.52. The lowest BCUT2D eigenvalue weighted by Crippen LogP contribution is -2.29. The van der Waals surface area contributed by atoms with E-state index in [0.29, 0.717) is 6.04 Å². The molecule has 1 aromatic carbocycles. The normalized spacial score (nSPS) is 15.8. The number of para-hydroxylation sites is 1. The van der Waals surface area contributed by atoms with Gasteiger partial charge in [-0.25, -0.2) is 4.68 Å². The minimum absolute atomic E-state index is 0.513. The van der Waals surface area contributed by atoms with Crippen LogP contribution in [0.15, 0.2) is 24.3 Å². The Morgan fingerprint density at radius 1 is 1.37 bits per heavy atom. The molecule has 0 radical (unpaired) electrons. The summed E-state index contributed by atoms with van der Waals surface area (Å²) in [4.78, 5) is 9.00. The molecular weight excluding hydrogens is 244 g/mol. The van der Waals surface area contributed by atoms with E-state index in [1.54, 1.807) is 0 Å². The van der Waals surface area contributed by atoms with Gasteiger partial charge < -0.3 is 10.4 Å². The number of nitrogens with one attached hydrogen (secondary N) is 1. The van der Waals surface area contributed by atoms with Crippen LogP contribution in [0.1, 0.15) is 25.8 Å². The van der Waals surface area contributed by atoms with Gasteiger partial charge in [0.2, 0.25) is 0 Å². The van der Waals surface area contributed by atoms with Gasteiger partial charge in [-0.3, -0.25) is 4.79 Å². The zero-order chi connectivity index (χ0) is 13.7. The lowest BCUT2D eigenvalue weighted by Gasteiger charge is -2.22. The van der Waals surface area contributed by atoms with Crippen molar-refractivity contribution in [1.82, 2.24) is 20.3 Å². The Labute approximate surface area is 111 Å². The number of fused-ring (bicyclic) bond motifs is 1. The van der Waals surface area contributed by atoms with Crippen molar-refractivity contribution < 1.29 is 9.90 Å². The molecule has 2 aromatic rings. The fourth-order valence-corrected chi connectivity index (χ4v) is 2.21. The first kappa shape index (κ1) is 13.5. The van der Waals surface area contributed by atoms with Gasteiger partial charge in [-0.15, -0.1) is 5.10 Å². The van der Waals surface area contributed by atoms with Gasteiger partial charge in [0, 0.05) is 6.92 Å². The first-order valence-electron chi connectivity index (χ1n) is 6.38. The number of hydrogen-bond acceptors (Lipinski definition) is 4. The highest BCUT2D eigenvalue weighted by atomic mass is 16.4. The average Bonchev–Trinajstić information content (AvgIpc) is 2.83. The monoisotopic (exact) mass is 262 g/mol. The molecule has 1 aromatic heterocycles. The Balaban J connectivity index is 0.000000297. The van der Waals surface area contributed by atoms with Crippen LogP contribution in [0.25, 0.3) is 11.0 Å². The molecule has 0 spiro atoms. The molecule has 0 unspecified atom stereocenters. The van der Waals surface area contributed by atoms with Crippen molar-refractivity contribution in [2.24, 2.45) is 0 Å². The van der Waals surface area contributed by atoms with Crippen LogP contribution >= 0.6 is 0 Å². The van der Waals surface area contributed by atoms with E-state index in [4.69, 9.17) is 9.90 Å². The summed E-state index contributed by atoms with van der Waals surface area (Å²) in [6.07, 6.45) is 2.29. The third-order valence-electron chi connectivity index (χ3n) is 3.03. The fourth-order valence-electron chi connectivity index (χ4n) is 2.21. The van der Waals surface area contributed by atoms with Crippen molar-refractivity contribution in [3.63, 3.8) is 0 Å². The van der Waals surface area contributed by atoms with Gasteiger partial charge in [0.25, 0.3) is 5.97 Å². The first-order valence-corrected chi connectivity index (χ1v) is 6.38. The first-order chi connectivity index (χ1) is 9.18. The van der Waals surface area contributed by atoms with Gasteiger partial charge in [0.1, 0.15) is 5.52 Å². The Morgan fingerprint density at radius 2 is 2.00 bits per heavy atom. The van der Waals surface area contributed by atoms with Crippen LogP contribution in [0, 0.1) is 0 Å². The predicted octanol–water partition coefficient (Wildman–Crippen LogP) is 1.45. The molecule has 2 N–H and O–H groups in total. The van der Waals surface area contributed by atoms with E-state index in [-0.39, 0.29) is 0 Å². The van der Waals surface area contributed by atoms with E-state index in [2.05, 4.69) is 26.4 Å². The number of carboxylic acids is 1. The standard InChI is InChI=1S/C11H14N4.C2H4O2/c1-2-4-11-10(3-1)13-14-15(11)9-5-7-12-8-6-9;1-2(3)4/h1-4,9,12H,5-8H2;1H3,(H,3,4). The number of hydrogen-bond donors (Lipinski definition) is 2. The van der Waals surface area contributed by atoms with Crippen molar-refractivity contribution in [2.45, 2.75) is 25.8 Å². The third-order valence-corrected chi connectivity index (χ3v) is 3.03. The van der Waals surface area contributed by atoms with Crippen LogP contribution in [0.3, 0.4) is 0 Å². The summed E-state index contributed by atoms with van der Waals surface area (Å²) < 4.78 is 2.08. The molecule has 2 heterocycles. The molecule has 1 aliphatic rings. The average molecular weight is 262 g/mol. The molecule has 102 valence electrons. The topological polar surface area (TPSA) is 80.0 Å². The van der Waals surface area contributed by atoms with Gasteiger partial charge in [0.15, 0.2) is 0 Å². The highest BCUT2D eigenvalue weighted by Crippen LogP contribution is 2.21. The van der Waals surface area contributed by atoms with Gasteiger partial charge in [-0.05, 0) is 38.1 Å². The molecule has 19 heavy (non-hydrogen) atoms. The maximum absolute atomic E-state index is 9.00. The van der Waals surface area contributed by atoms with Crippen molar-refractivity contribution in [3.8, 4) is 0 Å². The molecule has 0 amide bonds. The molecule has 0 saturated carbocycles. The number of piperidine rings is 1. The Hall–Kier alpha value is -1.95. The Kier molecular flexibility index (Phi) is 4.46. The lowest BCUT2D eigenvalue weighted by molar-refractivity contribution is -0.134. The molecule has 0 bridgehead atoms. The number of carbonyl (C=O) groups is 1. The SMILES string of the molecule is CC(=O)O.c1ccc2c(c1)nnn2C1CCNCC1. The largest absolute Gasteiger partial charge is 0.481 e. The zero-order valence-corrected chi connectivity index (χ0v) is 10.9. The van der Waals surface area contributed by atoms with E-state index >= 15 is 0 Å². The number of carboxylic acid groups (broad SMARTS) is 1. The summed E-state index contributed by atoms with van der Waals surface area (Å²) in [5, 5.41) is 19.2. The molecule has 6 nitrogen and oxygen atoms in total. The van der Waals surface area contributed by atoms with Gasteiger partial charge in [-0.1, -0.05) is 17.3 Å². The maximum atomic E-state index is 9.00. The summed E-state index contributed by atoms with van der Waals surface area (Å²) in [5.74, 6) is -0.833. The number of aliphatic carboxylic acids is 1. The molecule has 0 atom stereocenters. The van der Waals surface area contributed by atoms with E-state index in [1.165, 1.54) is 0 Å². The van der Waals surface area contributed by atoms with Crippen molar-refractivity contribution in [1.29, 1.82) is 0 Å².